The summed E-state index contributed by atoms with van der Waals surface area (Å²) in [6.07, 6.45) is 25.3. The molecule has 0 aromatic carbocycles. The first-order chi connectivity index (χ1) is 24.1. The van der Waals surface area contributed by atoms with Gasteiger partial charge in [-0.3, -0.25) is 9.11 Å². The molecule has 12 nitrogen and oxygen atoms in total. The van der Waals surface area contributed by atoms with E-state index < -0.39 is 20.2 Å². The predicted octanol–water partition coefficient (Wildman–Crippen LogP) is 6.77. The van der Waals surface area contributed by atoms with E-state index in [0.29, 0.717) is 39.6 Å². The van der Waals surface area contributed by atoms with Crippen LogP contribution in [0.5, 0.6) is 0 Å². The molecule has 0 aliphatic heterocycles. The van der Waals surface area contributed by atoms with E-state index in [4.69, 9.17) is 37.5 Å². The van der Waals surface area contributed by atoms with Crippen LogP contribution in [0, 0.1) is 0 Å². The molecule has 0 heterocycles. The first-order valence-electron chi connectivity index (χ1n) is 18.5. The van der Waals surface area contributed by atoms with Crippen LogP contribution < -0.4 is 0 Å². The third kappa shape index (κ3) is 39.6. The molecule has 14 heteroatoms. The molecule has 0 amide bonds. The highest BCUT2D eigenvalue weighted by atomic mass is 32.2. The van der Waals surface area contributed by atoms with E-state index in [1.54, 1.807) is 0 Å². The lowest BCUT2D eigenvalue weighted by Gasteiger charge is -2.18. The summed E-state index contributed by atoms with van der Waals surface area (Å²) in [6.45, 7) is 7.58. The van der Waals surface area contributed by atoms with E-state index in [9.17, 15) is 16.8 Å². The molecule has 296 valence electrons. The molecular formula is C36H68O12S2. The van der Waals surface area contributed by atoms with Gasteiger partial charge in [0.15, 0.2) is 0 Å². The van der Waals surface area contributed by atoms with E-state index in [0.717, 1.165) is 38.5 Å². The summed E-state index contributed by atoms with van der Waals surface area (Å²) in [7, 11) is -8.08. The Morgan fingerprint density at radius 1 is 0.460 bits per heavy atom. The van der Waals surface area contributed by atoms with E-state index in [2.05, 4.69) is 38.2 Å². The zero-order valence-electron chi connectivity index (χ0n) is 30.8. The van der Waals surface area contributed by atoms with Gasteiger partial charge < -0.3 is 28.4 Å². The van der Waals surface area contributed by atoms with Crippen molar-refractivity contribution >= 4 is 20.2 Å². The van der Waals surface area contributed by atoms with E-state index in [1.165, 1.54) is 38.5 Å². The second-order valence-corrected chi connectivity index (χ2v) is 15.3. The molecule has 0 radical (unpaired) electrons. The molecule has 0 saturated carbocycles. The van der Waals surface area contributed by atoms with Crippen molar-refractivity contribution in [2.45, 2.75) is 116 Å². The normalized spacial score (nSPS) is 14.1. The molecule has 0 spiro atoms. The lowest BCUT2D eigenvalue weighted by atomic mass is 10.2. The third-order valence-electron chi connectivity index (χ3n) is 7.21. The Kier molecular flexibility index (Phi) is 34.0. The molecule has 0 aromatic rings. The summed E-state index contributed by atoms with van der Waals surface area (Å²) in [6, 6.07) is 0. The maximum atomic E-state index is 11.0. The summed E-state index contributed by atoms with van der Waals surface area (Å²) in [5, 5.41) is 0. The van der Waals surface area contributed by atoms with Gasteiger partial charge in [0.25, 0.3) is 20.2 Å². The van der Waals surface area contributed by atoms with Crippen molar-refractivity contribution in [1.29, 1.82) is 0 Å². The van der Waals surface area contributed by atoms with Crippen LogP contribution >= 0.6 is 0 Å². The van der Waals surface area contributed by atoms with Crippen molar-refractivity contribution in [3.8, 4) is 0 Å². The Labute approximate surface area is 303 Å². The van der Waals surface area contributed by atoms with Crippen LogP contribution in [0.3, 0.4) is 0 Å². The molecule has 50 heavy (non-hydrogen) atoms. The molecule has 2 N–H and O–H groups in total. The van der Waals surface area contributed by atoms with E-state index in [-0.39, 0.29) is 63.0 Å². The molecule has 0 aromatic heterocycles. The maximum Gasteiger partial charge on any atom is 0.264 e. The van der Waals surface area contributed by atoms with E-state index >= 15 is 0 Å². The van der Waals surface area contributed by atoms with Gasteiger partial charge in [0.1, 0.15) is 12.2 Å². The minimum absolute atomic E-state index is 0.153. The standard InChI is InChI=1S/C36H68O12S2/c1-3-5-7-9-11-13-15-17-23-43-31-35(47-27-21-29-49(37,38)39)33-45-25-19-20-26-46-34-36(48-28-22-30-50(40,41)42)32-44-24-18-16-14-12-10-8-6-4-2/h11-14,19-20,35-36H,3-10,15-18,21-34H2,1-2H3,(H,37,38,39)(H,40,41,42)/b13-11+,14-12+,20-19+. The zero-order chi connectivity index (χ0) is 37.0. The molecule has 2 unspecified atom stereocenters. The molecular weight excluding hydrogens is 689 g/mol. The van der Waals surface area contributed by atoms with Crippen LogP contribution in [-0.2, 0) is 48.7 Å². The van der Waals surface area contributed by atoms with Crippen LogP contribution in [0.25, 0.3) is 0 Å². The number of hydrogen-bond acceptors (Lipinski definition) is 10. The monoisotopic (exact) mass is 756 g/mol. The molecule has 0 fully saturated rings. The van der Waals surface area contributed by atoms with Gasteiger partial charge in [0.05, 0.1) is 51.1 Å². The Bertz CT molecular complexity index is 963. The molecule has 0 rings (SSSR count). The van der Waals surface area contributed by atoms with Gasteiger partial charge in [-0.05, 0) is 64.2 Å². The van der Waals surface area contributed by atoms with Crippen molar-refractivity contribution in [3.05, 3.63) is 36.5 Å². The van der Waals surface area contributed by atoms with Crippen LogP contribution in [0.1, 0.15) is 104 Å². The largest absolute Gasteiger partial charge is 0.379 e. The van der Waals surface area contributed by atoms with Crippen molar-refractivity contribution in [2.75, 3.05) is 77.6 Å². The topological polar surface area (TPSA) is 164 Å². The number of rotatable bonds is 38. The zero-order valence-corrected chi connectivity index (χ0v) is 32.4. The van der Waals surface area contributed by atoms with Crippen molar-refractivity contribution in [3.63, 3.8) is 0 Å². The minimum atomic E-state index is -4.04. The summed E-state index contributed by atoms with van der Waals surface area (Å²) in [5.74, 6) is -0.734. The molecule has 0 aliphatic rings. The van der Waals surface area contributed by atoms with Gasteiger partial charge in [-0.15, -0.1) is 0 Å². The molecule has 0 saturated heterocycles. The van der Waals surface area contributed by atoms with Crippen LogP contribution in [0.2, 0.25) is 0 Å². The van der Waals surface area contributed by atoms with Gasteiger partial charge in [0.2, 0.25) is 0 Å². The van der Waals surface area contributed by atoms with Crippen LogP contribution in [0.15, 0.2) is 36.5 Å². The van der Waals surface area contributed by atoms with Gasteiger partial charge in [-0.1, -0.05) is 76.0 Å². The third-order valence-corrected chi connectivity index (χ3v) is 8.82. The van der Waals surface area contributed by atoms with E-state index in [1.807, 2.05) is 12.2 Å². The molecule has 0 bridgehead atoms. The fourth-order valence-electron chi connectivity index (χ4n) is 4.47. The van der Waals surface area contributed by atoms with Crippen molar-refractivity contribution in [1.82, 2.24) is 0 Å². The lowest BCUT2D eigenvalue weighted by molar-refractivity contribution is -0.0571. The highest BCUT2D eigenvalue weighted by Crippen LogP contribution is 2.05. The number of allylic oxidation sites excluding steroid dienone is 4. The number of hydrogen-bond donors (Lipinski definition) is 2. The Morgan fingerprint density at radius 2 is 0.820 bits per heavy atom. The second kappa shape index (κ2) is 34.9. The Balaban J connectivity index is 4.48. The fraction of sp³-hybridized carbons (Fsp3) is 0.833. The summed E-state index contributed by atoms with van der Waals surface area (Å²) in [4.78, 5) is 0. The van der Waals surface area contributed by atoms with Gasteiger partial charge >= 0.3 is 0 Å². The second-order valence-electron chi connectivity index (χ2n) is 12.2. The van der Waals surface area contributed by atoms with Gasteiger partial charge in [-0.2, -0.15) is 16.8 Å². The van der Waals surface area contributed by atoms with Gasteiger partial charge in [0, 0.05) is 26.4 Å². The summed E-state index contributed by atoms with van der Waals surface area (Å²) in [5.41, 5.74) is 0. The maximum absolute atomic E-state index is 11.0. The first kappa shape index (κ1) is 48.8. The number of ether oxygens (including phenoxy) is 6. The summed E-state index contributed by atoms with van der Waals surface area (Å²) >= 11 is 0. The summed E-state index contributed by atoms with van der Waals surface area (Å²) < 4.78 is 96.5. The van der Waals surface area contributed by atoms with Gasteiger partial charge in [-0.25, -0.2) is 0 Å². The number of unbranched alkanes of at least 4 members (excludes halogenated alkanes) is 8. The average molecular weight is 757 g/mol. The highest BCUT2D eigenvalue weighted by molar-refractivity contribution is 7.86. The molecule has 2 atom stereocenters. The first-order valence-corrected chi connectivity index (χ1v) is 21.7. The highest BCUT2D eigenvalue weighted by Gasteiger charge is 2.13. The molecule has 0 aliphatic carbocycles. The smallest absolute Gasteiger partial charge is 0.264 e. The fourth-order valence-corrected chi connectivity index (χ4v) is 5.44. The van der Waals surface area contributed by atoms with Crippen molar-refractivity contribution in [2.24, 2.45) is 0 Å². The Morgan fingerprint density at radius 3 is 1.18 bits per heavy atom. The van der Waals surface area contributed by atoms with Crippen LogP contribution in [-0.4, -0.2) is 116 Å². The average Bonchev–Trinajstić information content (AvgIpc) is 3.06. The Hall–Kier alpha value is -1.20. The van der Waals surface area contributed by atoms with Crippen molar-refractivity contribution < 1.29 is 54.4 Å². The minimum Gasteiger partial charge on any atom is -0.379 e. The quantitative estimate of drug-likeness (QED) is 0.0387. The SMILES string of the molecule is CCCCC/C=C/CCCOCC(COC/C=C/COCC(COCCC/C=C/CCCCC)OCCCS(=O)(=O)O)OCCCS(=O)(=O)O. The predicted molar refractivity (Wildman–Crippen MR) is 199 cm³/mol. The lowest BCUT2D eigenvalue weighted by Crippen LogP contribution is -2.27. The van der Waals surface area contributed by atoms with Crippen LogP contribution in [0.4, 0.5) is 0 Å².